The van der Waals surface area contributed by atoms with E-state index in [9.17, 15) is 14.4 Å². The van der Waals surface area contributed by atoms with Gasteiger partial charge in [-0.1, -0.05) is 12.1 Å². The Morgan fingerprint density at radius 2 is 1.68 bits per heavy atom. The fourth-order valence-electron chi connectivity index (χ4n) is 3.04. The van der Waals surface area contributed by atoms with Gasteiger partial charge in [0.15, 0.2) is 12.4 Å². The second-order valence-electron chi connectivity index (χ2n) is 6.57. The lowest BCUT2D eigenvalue weighted by molar-refractivity contribution is -0.128. The number of amides is 1. The molecule has 0 aliphatic carbocycles. The number of carbonyl (C=O) groups is 3. The molecule has 2 aromatic rings. The molecule has 0 atom stereocenters. The molecule has 0 N–H and O–H groups in total. The maximum Gasteiger partial charge on any atom is 0.338 e. The van der Waals surface area contributed by atoms with E-state index in [4.69, 9.17) is 9.47 Å². The minimum absolute atomic E-state index is 0.163. The number of carbonyl (C=O) groups excluding carboxylic acids is 3. The molecule has 1 aliphatic rings. The topological polar surface area (TPSA) is 72.9 Å². The zero-order valence-corrected chi connectivity index (χ0v) is 15.8. The van der Waals surface area contributed by atoms with Gasteiger partial charge in [0.05, 0.1) is 12.2 Å². The van der Waals surface area contributed by atoms with Crippen LogP contribution in [0.4, 0.5) is 0 Å². The average molecular weight is 381 g/mol. The van der Waals surface area contributed by atoms with Crippen molar-refractivity contribution in [3.63, 3.8) is 0 Å². The van der Waals surface area contributed by atoms with E-state index >= 15 is 0 Å². The molecular formula is C22H23NO5. The number of nitrogens with zero attached hydrogens (tertiary/aromatic N) is 1. The van der Waals surface area contributed by atoms with Gasteiger partial charge in [-0.3, -0.25) is 9.59 Å². The number of hydrogen-bond acceptors (Lipinski definition) is 5. The predicted molar refractivity (Wildman–Crippen MR) is 103 cm³/mol. The van der Waals surface area contributed by atoms with Gasteiger partial charge in [-0.15, -0.1) is 0 Å². The lowest BCUT2D eigenvalue weighted by Crippen LogP contribution is -2.23. The van der Waals surface area contributed by atoms with E-state index in [1.54, 1.807) is 48.5 Å². The van der Waals surface area contributed by atoms with Gasteiger partial charge in [-0.25, -0.2) is 4.79 Å². The number of esters is 1. The largest absolute Gasteiger partial charge is 0.494 e. The molecule has 3 rings (SSSR count). The summed E-state index contributed by atoms with van der Waals surface area (Å²) in [5, 5.41) is 0. The second kappa shape index (κ2) is 9.17. The molecule has 1 amide bonds. The Morgan fingerprint density at radius 3 is 2.29 bits per heavy atom. The van der Waals surface area contributed by atoms with E-state index in [0.717, 1.165) is 18.5 Å². The van der Waals surface area contributed by atoms with Crippen LogP contribution in [0.25, 0.3) is 0 Å². The summed E-state index contributed by atoms with van der Waals surface area (Å²) in [6.45, 7) is 3.44. The third kappa shape index (κ3) is 4.97. The zero-order valence-electron chi connectivity index (χ0n) is 15.8. The fourth-order valence-corrected chi connectivity index (χ4v) is 3.04. The van der Waals surface area contributed by atoms with Crippen molar-refractivity contribution < 1.29 is 23.9 Å². The van der Waals surface area contributed by atoms with Crippen LogP contribution in [0, 0.1) is 0 Å². The molecule has 0 radical (unpaired) electrons. The molecule has 1 aliphatic heterocycles. The number of ether oxygens (including phenoxy) is 2. The van der Waals surface area contributed by atoms with Gasteiger partial charge in [-0.2, -0.15) is 0 Å². The van der Waals surface area contributed by atoms with Crippen LogP contribution >= 0.6 is 0 Å². The van der Waals surface area contributed by atoms with Crippen molar-refractivity contribution in [2.75, 3.05) is 19.8 Å². The summed E-state index contributed by atoms with van der Waals surface area (Å²) in [5.41, 5.74) is 1.79. The van der Waals surface area contributed by atoms with E-state index in [0.29, 0.717) is 36.4 Å². The smallest absolute Gasteiger partial charge is 0.338 e. The van der Waals surface area contributed by atoms with Gasteiger partial charge >= 0.3 is 5.97 Å². The lowest BCUT2D eigenvalue weighted by Gasteiger charge is -2.15. The number of rotatable bonds is 8. The predicted octanol–water partition coefficient (Wildman–Crippen LogP) is 3.25. The summed E-state index contributed by atoms with van der Waals surface area (Å²) in [6, 6.07) is 13.6. The first-order chi connectivity index (χ1) is 13.6. The maximum atomic E-state index is 12.2. The molecule has 28 heavy (non-hydrogen) atoms. The van der Waals surface area contributed by atoms with Crippen LogP contribution in [0.1, 0.15) is 46.0 Å². The molecule has 6 heteroatoms. The molecule has 0 spiro atoms. The SMILES string of the molecule is CCOc1ccc(C(=O)COC(=O)c2ccc(CN3CCCC3=O)cc2)cc1. The number of hydrogen-bond donors (Lipinski definition) is 0. The highest BCUT2D eigenvalue weighted by Gasteiger charge is 2.20. The quantitative estimate of drug-likeness (QED) is 0.518. The van der Waals surface area contributed by atoms with Crippen molar-refractivity contribution >= 4 is 17.7 Å². The van der Waals surface area contributed by atoms with Crippen molar-refractivity contribution in [2.24, 2.45) is 0 Å². The van der Waals surface area contributed by atoms with Gasteiger partial charge < -0.3 is 14.4 Å². The van der Waals surface area contributed by atoms with Crippen molar-refractivity contribution in [3.05, 3.63) is 65.2 Å². The zero-order chi connectivity index (χ0) is 19.9. The molecule has 2 aromatic carbocycles. The Bertz CT molecular complexity index is 842. The van der Waals surface area contributed by atoms with Crippen LogP contribution in [-0.4, -0.2) is 42.3 Å². The van der Waals surface area contributed by atoms with Crippen LogP contribution in [0.15, 0.2) is 48.5 Å². The van der Waals surface area contributed by atoms with Gasteiger partial charge in [0, 0.05) is 25.1 Å². The van der Waals surface area contributed by atoms with Gasteiger partial charge in [0.1, 0.15) is 5.75 Å². The Kier molecular flexibility index (Phi) is 6.42. The summed E-state index contributed by atoms with van der Waals surface area (Å²) in [6.07, 6.45) is 1.50. The number of benzene rings is 2. The van der Waals surface area contributed by atoms with E-state index in [1.807, 2.05) is 11.8 Å². The third-order valence-electron chi connectivity index (χ3n) is 4.56. The monoisotopic (exact) mass is 381 g/mol. The molecule has 146 valence electrons. The summed E-state index contributed by atoms with van der Waals surface area (Å²) >= 11 is 0. The van der Waals surface area contributed by atoms with Gasteiger partial charge in [0.25, 0.3) is 0 Å². The van der Waals surface area contributed by atoms with Crippen molar-refractivity contribution in [2.45, 2.75) is 26.3 Å². The Labute approximate surface area is 164 Å². The highest BCUT2D eigenvalue weighted by molar-refractivity contribution is 5.99. The highest BCUT2D eigenvalue weighted by Crippen LogP contribution is 2.16. The maximum absolute atomic E-state index is 12.2. The Morgan fingerprint density at radius 1 is 1.00 bits per heavy atom. The lowest BCUT2D eigenvalue weighted by atomic mass is 10.1. The van der Waals surface area contributed by atoms with Crippen molar-refractivity contribution in [1.82, 2.24) is 4.90 Å². The number of ketones is 1. The van der Waals surface area contributed by atoms with Gasteiger partial charge in [0.2, 0.25) is 5.91 Å². The molecule has 1 heterocycles. The third-order valence-corrected chi connectivity index (χ3v) is 4.56. The van der Waals surface area contributed by atoms with Crippen LogP contribution in [-0.2, 0) is 16.1 Å². The van der Waals surface area contributed by atoms with Crippen LogP contribution in [0.2, 0.25) is 0 Å². The normalized spacial score (nSPS) is 13.5. The molecule has 0 aromatic heterocycles. The molecule has 1 saturated heterocycles. The summed E-state index contributed by atoms with van der Waals surface area (Å²) in [7, 11) is 0. The molecule has 0 unspecified atom stereocenters. The van der Waals surface area contributed by atoms with E-state index in [-0.39, 0.29) is 18.3 Å². The first kappa shape index (κ1) is 19.6. The van der Waals surface area contributed by atoms with Crippen LogP contribution in [0.5, 0.6) is 5.75 Å². The van der Waals surface area contributed by atoms with E-state index in [1.165, 1.54) is 0 Å². The first-order valence-electron chi connectivity index (χ1n) is 9.36. The van der Waals surface area contributed by atoms with Crippen molar-refractivity contribution in [3.8, 4) is 5.75 Å². The van der Waals surface area contributed by atoms with E-state index in [2.05, 4.69) is 0 Å². The van der Waals surface area contributed by atoms with Crippen molar-refractivity contribution in [1.29, 1.82) is 0 Å². The van der Waals surface area contributed by atoms with Crippen LogP contribution in [0.3, 0.4) is 0 Å². The first-order valence-corrected chi connectivity index (χ1v) is 9.36. The molecule has 0 saturated carbocycles. The van der Waals surface area contributed by atoms with Gasteiger partial charge in [-0.05, 0) is 55.3 Å². The minimum atomic E-state index is -0.553. The summed E-state index contributed by atoms with van der Waals surface area (Å²) < 4.78 is 10.5. The standard InChI is InChI=1S/C22H23NO5/c1-2-27-19-11-9-17(10-12-19)20(24)15-28-22(26)18-7-5-16(6-8-18)14-23-13-3-4-21(23)25/h5-12H,2-4,13-15H2,1H3. The summed E-state index contributed by atoms with van der Waals surface area (Å²) in [4.78, 5) is 37.8. The Hall–Kier alpha value is -3.15. The molecule has 0 bridgehead atoms. The molecular weight excluding hydrogens is 358 g/mol. The average Bonchev–Trinajstić information content (AvgIpc) is 3.12. The second-order valence-corrected chi connectivity index (χ2v) is 6.57. The van der Waals surface area contributed by atoms with E-state index < -0.39 is 5.97 Å². The van der Waals surface area contributed by atoms with Crippen LogP contribution < -0.4 is 4.74 Å². The molecule has 1 fully saturated rings. The highest BCUT2D eigenvalue weighted by atomic mass is 16.5. The number of likely N-dealkylation sites (tertiary alicyclic amines) is 1. The number of Topliss-reactive ketones (excluding diaryl/α,β-unsaturated/α-hetero) is 1. The Balaban J connectivity index is 1.51. The molecule has 6 nitrogen and oxygen atoms in total. The minimum Gasteiger partial charge on any atom is -0.494 e. The fraction of sp³-hybridized carbons (Fsp3) is 0.318. The summed E-state index contributed by atoms with van der Waals surface area (Å²) in [5.74, 6) is 0.0201.